The van der Waals surface area contributed by atoms with E-state index in [-0.39, 0.29) is 30.1 Å². The van der Waals surface area contributed by atoms with Gasteiger partial charge in [-0.25, -0.2) is 0 Å². The molecule has 0 heterocycles. The molecule has 0 radical (unpaired) electrons. The standard InChI is InChI=1S/C19H25N3O.HI/c1-14(2)23-18-9-7-17(8-10-18)22-19(20)21-12-11-16-6-4-5-15(3)13-16;/h4-10,13-14H,11-12H2,1-3H3,(H3,20,21,22);1H. The largest absolute Gasteiger partial charge is 0.491 e. The minimum atomic E-state index is 0. The van der Waals surface area contributed by atoms with Crippen molar-refractivity contribution >= 4 is 35.6 Å². The van der Waals surface area contributed by atoms with Crippen LogP contribution < -0.4 is 15.8 Å². The van der Waals surface area contributed by atoms with Crippen LogP contribution in [0.15, 0.2) is 53.5 Å². The van der Waals surface area contributed by atoms with Gasteiger partial charge in [-0.2, -0.15) is 0 Å². The minimum absolute atomic E-state index is 0. The molecule has 0 aliphatic rings. The van der Waals surface area contributed by atoms with Crippen LogP contribution in [0.25, 0.3) is 0 Å². The summed E-state index contributed by atoms with van der Waals surface area (Å²) in [7, 11) is 0. The van der Waals surface area contributed by atoms with Crippen LogP contribution in [-0.2, 0) is 6.42 Å². The first-order valence-corrected chi connectivity index (χ1v) is 7.92. The second-order valence-corrected chi connectivity index (χ2v) is 5.82. The normalized spacial score (nSPS) is 11.1. The van der Waals surface area contributed by atoms with E-state index in [9.17, 15) is 0 Å². The van der Waals surface area contributed by atoms with E-state index in [4.69, 9.17) is 10.5 Å². The predicted octanol–water partition coefficient (Wildman–Crippen LogP) is 4.37. The monoisotopic (exact) mass is 439 g/mol. The molecule has 0 unspecified atom stereocenters. The number of aryl methyl sites for hydroxylation is 1. The molecule has 2 aromatic carbocycles. The summed E-state index contributed by atoms with van der Waals surface area (Å²) >= 11 is 0. The van der Waals surface area contributed by atoms with Gasteiger partial charge in [-0.15, -0.1) is 24.0 Å². The molecule has 2 rings (SSSR count). The fourth-order valence-corrected chi connectivity index (χ4v) is 2.25. The number of rotatable bonds is 6. The summed E-state index contributed by atoms with van der Waals surface area (Å²) in [5, 5.41) is 3.09. The topological polar surface area (TPSA) is 59.6 Å². The second-order valence-electron chi connectivity index (χ2n) is 5.82. The number of hydrogen-bond donors (Lipinski definition) is 2. The first-order valence-electron chi connectivity index (χ1n) is 7.92. The van der Waals surface area contributed by atoms with Gasteiger partial charge in [-0.05, 0) is 57.0 Å². The van der Waals surface area contributed by atoms with Gasteiger partial charge < -0.3 is 15.8 Å². The van der Waals surface area contributed by atoms with Crippen molar-refractivity contribution < 1.29 is 4.74 Å². The lowest BCUT2D eigenvalue weighted by molar-refractivity contribution is 0.242. The first kappa shape index (κ1) is 20.3. The van der Waals surface area contributed by atoms with Crippen LogP contribution in [0.2, 0.25) is 0 Å². The van der Waals surface area contributed by atoms with Gasteiger partial charge in [0.2, 0.25) is 0 Å². The third kappa shape index (κ3) is 7.21. The first-order chi connectivity index (χ1) is 11.0. The van der Waals surface area contributed by atoms with Crippen molar-refractivity contribution in [2.24, 2.45) is 10.7 Å². The summed E-state index contributed by atoms with van der Waals surface area (Å²) in [5.41, 5.74) is 9.37. The lowest BCUT2D eigenvalue weighted by Crippen LogP contribution is -2.23. The zero-order valence-corrected chi connectivity index (χ0v) is 16.8. The van der Waals surface area contributed by atoms with E-state index in [1.54, 1.807) is 0 Å². The second kappa shape index (κ2) is 10.2. The van der Waals surface area contributed by atoms with Crippen molar-refractivity contribution in [3.63, 3.8) is 0 Å². The van der Waals surface area contributed by atoms with Gasteiger partial charge in [0.25, 0.3) is 0 Å². The number of ether oxygens (including phenoxy) is 1. The Morgan fingerprint density at radius 2 is 1.88 bits per heavy atom. The van der Waals surface area contributed by atoms with Crippen LogP contribution in [0.1, 0.15) is 25.0 Å². The van der Waals surface area contributed by atoms with E-state index in [2.05, 4.69) is 41.5 Å². The zero-order valence-electron chi connectivity index (χ0n) is 14.5. The molecule has 2 aromatic rings. The van der Waals surface area contributed by atoms with Gasteiger partial charge in [-0.1, -0.05) is 29.8 Å². The quantitative estimate of drug-likeness (QED) is 0.399. The maximum Gasteiger partial charge on any atom is 0.193 e. The van der Waals surface area contributed by atoms with E-state index in [1.165, 1.54) is 11.1 Å². The fraction of sp³-hybridized carbons (Fsp3) is 0.316. The average molecular weight is 439 g/mol. The van der Waals surface area contributed by atoms with Crippen molar-refractivity contribution in [3.8, 4) is 5.75 Å². The molecular formula is C19H26IN3O. The van der Waals surface area contributed by atoms with Crippen molar-refractivity contribution in [2.45, 2.75) is 33.3 Å². The van der Waals surface area contributed by atoms with Crippen LogP contribution in [0.5, 0.6) is 5.75 Å². The van der Waals surface area contributed by atoms with E-state index in [1.807, 2.05) is 38.1 Å². The van der Waals surface area contributed by atoms with Gasteiger partial charge in [0.05, 0.1) is 6.10 Å². The number of aliphatic imine (C=N–C) groups is 1. The molecule has 0 saturated heterocycles. The third-order valence-electron chi connectivity index (χ3n) is 3.26. The van der Waals surface area contributed by atoms with Crippen LogP contribution in [0.4, 0.5) is 5.69 Å². The molecule has 0 aliphatic heterocycles. The highest BCUT2D eigenvalue weighted by atomic mass is 127. The molecule has 0 aliphatic carbocycles. The molecule has 0 fully saturated rings. The lowest BCUT2D eigenvalue weighted by Gasteiger charge is -2.11. The zero-order chi connectivity index (χ0) is 16.7. The Morgan fingerprint density at radius 1 is 1.17 bits per heavy atom. The molecule has 24 heavy (non-hydrogen) atoms. The average Bonchev–Trinajstić information content (AvgIpc) is 2.49. The molecule has 5 heteroatoms. The molecule has 130 valence electrons. The van der Waals surface area contributed by atoms with Crippen molar-refractivity contribution in [3.05, 3.63) is 59.7 Å². The molecule has 4 nitrogen and oxygen atoms in total. The van der Waals surface area contributed by atoms with Crippen LogP contribution in [-0.4, -0.2) is 18.6 Å². The molecule has 0 bridgehead atoms. The van der Waals surface area contributed by atoms with Crippen LogP contribution in [0, 0.1) is 6.92 Å². The van der Waals surface area contributed by atoms with E-state index < -0.39 is 0 Å². The summed E-state index contributed by atoms with van der Waals surface area (Å²) in [6.07, 6.45) is 1.05. The minimum Gasteiger partial charge on any atom is -0.491 e. The number of nitrogens with zero attached hydrogens (tertiary/aromatic N) is 1. The lowest BCUT2D eigenvalue weighted by atomic mass is 10.1. The van der Waals surface area contributed by atoms with E-state index >= 15 is 0 Å². The summed E-state index contributed by atoms with van der Waals surface area (Å²) < 4.78 is 5.61. The molecular weight excluding hydrogens is 413 g/mol. The smallest absolute Gasteiger partial charge is 0.193 e. The molecule has 0 atom stereocenters. The number of nitrogens with two attached hydrogens (primary N) is 1. The van der Waals surface area contributed by atoms with Gasteiger partial charge in [-0.3, -0.25) is 4.99 Å². The number of hydrogen-bond acceptors (Lipinski definition) is 2. The third-order valence-corrected chi connectivity index (χ3v) is 3.26. The molecule has 0 aromatic heterocycles. The van der Waals surface area contributed by atoms with E-state index in [0.29, 0.717) is 12.5 Å². The predicted molar refractivity (Wildman–Crippen MR) is 113 cm³/mol. The maximum atomic E-state index is 5.93. The van der Waals surface area contributed by atoms with Crippen molar-refractivity contribution in [1.29, 1.82) is 0 Å². The Balaban J connectivity index is 0.00000288. The van der Waals surface area contributed by atoms with Gasteiger partial charge in [0, 0.05) is 12.2 Å². The highest BCUT2D eigenvalue weighted by Crippen LogP contribution is 2.16. The summed E-state index contributed by atoms with van der Waals surface area (Å²) in [4.78, 5) is 4.37. The molecule has 0 amide bonds. The Morgan fingerprint density at radius 3 is 2.50 bits per heavy atom. The highest BCUT2D eigenvalue weighted by molar-refractivity contribution is 14.0. The maximum absolute atomic E-state index is 5.93. The molecule has 0 saturated carbocycles. The Kier molecular flexibility index (Phi) is 8.60. The number of guanidine groups is 1. The van der Waals surface area contributed by atoms with Crippen LogP contribution in [0.3, 0.4) is 0 Å². The number of halogens is 1. The van der Waals surface area contributed by atoms with Crippen molar-refractivity contribution in [1.82, 2.24) is 0 Å². The highest BCUT2D eigenvalue weighted by Gasteiger charge is 1.99. The van der Waals surface area contributed by atoms with Crippen LogP contribution >= 0.6 is 24.0 Å². The summed E-state index contributed by atoms with van der Waals surface area (Å²) in [6, 6.07) is 16.1. The number of nitrogens with one attached hydrogen (secondary N) is 1. The van der Waals surface area contributed by atoms with Gasteiger partial charge >= 0.3 is 0 Å². The Hall–Kier alpha value is -1.76. The number of anilines is 1. The number of benzene rings is 2. The Bertz CT molecular complexity index is 654. The fourth-order valence-electron chi connectivity index (χ4n) is 2.25. The summed E-state index contributed by atoms with van der Waals surface area (Å²) in [6.45, 7) is 6.77. The van der Waals surface area contributed by atoms with Gasteiger partial charge in [0.15, 0.2) is 5.96 Å². The van der Waals surface area contributed by atoms with E-state index in [0.717, 1.165) is 17.9 Å². The Labute approximate surface area is 161 Å². The summed E-state index contributed by atoms with van der Waals surface area (Å²) in [5.74, 6) is 1.27. The van der Waals surface area contributed by atoms with Gasteiger partial charge in [0.1, 0.15) is 5.75 Å². The SMILES string of the molecule is Cc1cccc(CCN=C(N)Nc2ccc(OC(C)C)cc2)c1.I. The molecule has 0 spiro atoms. The van der Waals surface area contributed by atoms with Crippen molar-refractivity contribution in [2.75, 3.05) is 11.9 Å². The molecule has 3 N–H and O–H groups in total.